The number of benzene rings is 2. The zero-order valence-electron chi connectivity index (χ0n) is 16.6. The molecule has 2 aromatic rings. The van der Waals surface area contributed by atoms with Gasteiger partial charge in [-0.1, -0.05) is 23.7 Å². The molecule has 2 aromatic carbocycles. The molecule has 1 aliphatic rings. The summed E-state index contributed by atoms with van der Waals surface area (Å²) in [5.41, 5.74) is -0.391. The van der Waals surface area contributed by atoms with Crippen molar-refractivity contribution in [2.24, 2.45) is 0 Å². The third-order valence-electron chi connectivity index (χ3n) is 4.37. The Morgan fingerprint density at radius 1 is 1.21 bits per heavy atom. The van der Waals surface area contributed by atoms with Gasteiger partial charge in [0.2, 0.25) is 5.91 Å². The summed E-state index contributed by atoms with van der Waals surface area (Å²) < 4.78 is 27.1. The fourth-order valence-electron chi connectivity index (χ4n) is 2.78. The monoisotopic (exact) mass is 493 g/mol. The summed E-state index contributed by atoms with van der Waals surface area (Å²) in [6.45, 7) is -0.239. The number of imide groups is 1. The number of halogens is 3. The van der Waals surface area contributed by atoms with Gasteiger partial charge in [0.1, 0.15) is 16.7 Å². The Morgan fingerprint density at radius 2 is 1.91 bits per heavy atom. The number of hydrogen-bond acceptors (Lipinski definition) is 6. The van der Waals surface area contributed by atoms with Crippen LogP contribution in [0.25, 0.3) is 12.2 Å². The van der Waals surface area contributed by atoms with E-state index in [4.69, 9.17) is 11.6 Å². The van der Waals surface area contributed by atoms with E-state index in [0.717, 1.165) is 29.2 Å². The zero-order valence-corrected chi connectivity index (χ0v) is 18.2. The Morgan fingerprint density at radius 3 is 2.58 bits per heavy atom. The highest BCUT2D eigenvalue weighted by Gasteiger charge is 2.34. The summed E-state index contributed by atoms with van der Waals surface area (Å²) in [6.07, 6.45) is 3.25. The summed E-state index contributed by atoms with van der Waals surface area (Å²) in [5.74, 6) is -2.95. The van der Waals surface area contributed by atoms with Gasteiger partial charge in [-0.3, -0.25) is 29.4 Å². The zero-order chi connectivity index (χ0) is 24.1. The lowest BCUT2D eigenvalue weighted by Crippen LogP contribution is -2.36. The van der Waals surface area contributed by atoms with Crippen LogP contribution >= 0.6 is 23.4 Å². The number of nitro benzene ring substituents is 1. The third-order valence-corrected chi connectivity index (χ3v) is 5.60. The van der Waals surface area contributed by atoms with Crippen LogP contribution in [0.15, 0.2) is 47.4 Å². The minimum atomic E-state index is -0.824. The Bertz CT molecular complexity index is 1200. The summed E-state index contributed by atoms with van der Waals surface area (Å²) >= 11 is 6.42. The molecule has 0 bridgehead atoms. The van der Waals surface area contributed by atoms with Crippen LogP contribution in [0.3, 0.4) is 0 Å². The minimum absolute atomic E-state index is 0.0536. The van der Waals surface area contributed by atoms with E-state index < -0.39 is 33.6 Å². The van der Waals surface area contributed by atoms with Crippen LogP contribution in [0, 0.1) is 21.7 Å². The maximum Gasteiger partial charge on any atom is 0.293 e. The van der Waals surface area contributed by atoms with Crippen LogP contribution in [0.1, 0.15) is 11.1 Å². The molecule has 33 heavy (non-hydrogen) atoms. The number of rotatable bonds is 7. The lowest BCUT2D eigenvalue weighted by molar-refractivity contribution is -0.384. The Kier molecular flexibility index (Phi) is 7.56. The van der Waals surface area contributed by atoms with Crippen molar-refractivity contribution in [1.82, 2.24) is 10.2 Å². The van der Waals surface area contributed by atoms with E-state index in [9.17, 15) is 33.3 Å². The predicted molar refractivity (Wildman–Crippen MR) is 119 cm³/mol. The molecule has 1 heterocycles. The average molecular weight is 494 g/mol. The van der Waals surface area contributed by atoms with E-state index in [1.54, 1.807) is 0 Å². The summed E-state index contributed by atoms with van der Waals surface area (Å²) in [7, 11) is 0. The second-order valence-corrected chi connectivity index (χ2v) is 7.96. The van der Waals surface area contributed by atoms with E-state index in [2.05, 4.69) is 5.32 Å². The average Bonchev–Trinajstić information content (AvgIpc) is 3.02. The first kappa shape index (κ1) is 24.1. The molecule has 1 N–H and O–H groups in total. The first-order valence-corrected chi connectivity index (χ1v) is 10.5. The number of nitrogens with one attached hydrogen (secondary N) is 1. The molecular formula is C21H14ClF2N3O5S. The number of thioether (sulfide) groups is 1. The lowest BCUT2D eigenvalue weighted by atomic mass is 10.2. The van der Waals surface area contributed by atoms with Crippen molar-refractivity contribution >= 4 is 58.3 Å². The van der Waals surface area contributed by atoms with Gasteiger partial charge >= 0.3 is 0 Å². The number of carbonyl (C=O) groups excluding carboxylic acids is 3. The van der Waals surface area contributed by atoms with E-state index in [-0.39, 0.29) is 34.3 Å². The van der Waals surface area contributed by atoms with Gasteiger partial charge in [-0.2, -0.15) is 0 Å². The molecule has 12 heteroatoms. The van der Waals surface area contributed by atoms with E-state index in [1.165, 1.54) is 30.3 Å². The van der Waals surface area contributed by atoms with Crippen molar-refractivity contribution in [2.45, 2.75) is 0 Å². The van der Waals surface area contributed by atoms with Crippen molar-refractivity contribution in [3.8, 4) is 0 Å². The van der Waals surface area contributed by atoms with Crippen molar-refractivity contribution in [3.05, 3.63) is 85.3 Å². The number of nitro groups is 1. The van der Waals surface area contributed by atoms with Crippen LogP contribution in [0.4, 0.5) is 19.3 Å². The number of amides is 3. The standard InChI is InChI=1S/C21H14ClF2N3O5S/c22-14-6-4-12(10-17(14)27(31)32)11-18-20(29)26(21(30)33-18)9-8-25-19(28)7-5-13-15(23)2-1-3-16(13)24/h1-7,10-11H,8-9H2,(H,25,28). The summed E-state index contributed by atoms with van der Waals surface area (Å²) in [6, 6.07) is 7.26. The van der Waals surface area contributed by atoms with Gasteiger partial charge in [-0.15, -0.1) is 0 Å². The van der Waals surface area contributed by atoms with Gasteiger partial charge in [-0.05, 0) is 47.7 Å². The van der Waals surface area contributed by atoms with Crippen molar-refractivity contribution < 1.29 is 28.1 Å². The SMILES string of the molecule is O=C(C=Cc1c(F)cccc1F)NCCN1C(=O)SC(=Cc2ccc(Cl)c([N+](=O)[O-])c2)C1=O. The third kappa shape index (κ3) is 5.82. The fraction of sp³-hybridized carbons (Fsp3) is 0.0952. The van der Waals surface area contributed by atoms with E-state index >= 15 is 0 Å². The molecule has 0 aromatic heterocycles. The minimum Gasteiger partial charge on any atom is -0.351 e. The summed E-state index contributed by atoms with van der Waals surface area (Å²) in [4.78, 5) is 47.9. The molecule has 0 unspecified atom stereocenters. The van der Waals surface area contributed by atoms with Gasteiger partial charge in [0.05, 0.1) is 9.83 Å². The molecule has 0 saturated carbocycles. The van der Waals surface area contributed by atoms with Crippen LogP contribution in [-0.2, 0) is 9.59 Å². The molecule has 0 spiro atoms. The van der Waals surface area contributed by atoms with Crippen LogP contribution in [-0.4, -0.2) is 40.0 Å². The maximum atomic E-state index is 13.6. The Hall–Kier alpha value is -3.57. The smallest absolute Gasteiger partial charge is 0.293 e. The molecule has 3 rings (SSSR count). The number of nitrogens with zero attached hydrogens (tertiary/aromatic N) is 2. The van der Waals surface area contributed by atoms with Crippen LogP contribution in [0.2, 0.25) is 5.02 Å². The van der Waals surface area contributed by atoms with Crippen molar-refractivity contribution in [3.63, 3.8) is 0 Å². The topological polar surface area (TPSA) is 110 Å². The van der Waals surface area contributed by atoms with Crippen LogP contribution < -0.4 is 5.32 Å². The van der Waals surface area contributed by atoms with Crippen LogP contribution in [0.5, 0.6) is 0 Å². The molecule has 0 radical (unpaired) electrons. The first-order chi connectivity index (χ1) is 15.7. The number of hydrogen-bond donors (Lipinski definition) is 1. The highest BCUT2D eigenvalue weighted by molar-refractivity contribution is 8.18. The molecule has 1 aliphatic heterocycles. The van der Waals surface area contributed by atoms with Crippen molar-refractivity contribution in [2.75, 3.05) is 13.1 Å². The van der Waals surface area contributed by atoms with Gasteiger partial charge < -0.3 is 5.32 Å². The van der Waals surface area contributed by atoms with Gasteiger partial charge in [0.15, 0.2) is 0 Å². The van der Waals surface area contributed by atoms with E-state index in [0.29, 0.717) is 17.3 Å². The predicted octanol–water partition coefficient (Wildman–Crippen LogP) is 4.39. The Labute approximate surface area is 195 Å². The molecule has 0 aliphatic carbocycles. The van der Waals surface area contributed by atoms with Gasteiger partial charge in [0, 0.05) is 30.8 Å². The molecule has 170 valence electrons. The Balaban J connectivity index is 1.60. The highest BCUT2D eigenvalue weighted by atomic mass is 35.5. The molecule has 3 amide bonds. The molecule has 0 atom stereocenters. The highest BCUT2D eigenvalue weighted by Crippen LogP contribution is 2.33. The summed E-state index contributed by atoms with van der Waals surface area (Å²) in [5, 5.41) is 12.8. The largest absolute Gasteiger partial charge is 0.351 e. The second-order valence-electron chi connectivity index (χ2n) is 6.56. The normalized spacial score (nSPS) is 15.0. The second kappa shape index (κ2) is 10.4. The first-order valence-electron chi connectivity index (χ1n) is 9.26. The lowest BCUT2D eigenvalue weighted by Gasteiger charge is -2.12. The molecule has 8 nitrogen and oxygen atoms in total. The number of carbonyl (C=O) groups is 3. The molecular weight excluding hydrogens is 480 g/mol. The van der Waals surface area contributed by atoms with Crippen molar-refractivity contribution in [1.29, 1.82) is 0 Å². The molecule has 1 fully saturated rings. The van der Waals surface area contributed by atoms with Gasteiger partial charge in [0.25, 0.3) is 16.8 Å². The fourth-order valence-corrected chi connectivity index (χ4v) is 3.83. The quantitative estimate of drug-likeness (QED) is 0.348. The van der Waals surface area contributed by atoms with Gasteiger partial charge in [-0.25, -0.2) is 8.78 Å². The van der Waals surface area contributed by atoms with E-state index in [1.807, 2.05) is 0 Å². The molecule has 1 saturated heterocycles. The maximum absolute atomic E-state index is 13.6.